The molecule has 0 unspecified atom stereocenters. The van der Waals surface area contributed by atoms with Gasteiger partial charge in [-0.25, -0.2) is 13.4 Å². The predicted molar refractivity (Wildman–Crippen MR) is 76.2 cm³/mol. The Morgan fingerprint density at radius 2 is 1.81 bits per heavy atom. The number of aromatic nitrogens is 1. The molecule has 0 bridgehead atoms. The Bertz CT molecular complexity index is 716. The summed E-state index contributed by atoms with van der Waals surface area (Å²) >= 11 is 0. The molecule has 112 valence electrons. The van der Waals surface area contributed by atoms with Gasteiger partial charge in [0.15, 0.2) is 6.39 Å². The van der Waals surface area contributed by atoms with Gasteiger partial charge in [-0.3, -0.25) is 0 Å². The van der Waals surface area contributed by atoms with Crippen LogP contribution in [-0.4, -0.2) is 39.7 Å². The Labute approximate surface area is 123 Å². The van der Waals surface area contributed by atoms with Crippen molar-refractivity contribution < 1.29 is 17.6 Å². The van der Waals surface area contributed by atoms with Crippen molar-refractivity contribution in [3.63, 3.8) is 0 Å². The third kappa shape index (κ3) is 2.66. The summed E-state index contributed by atoms with van der Waals surface area (Å²) in [4.78, 5) is 5.99. The lowest BCUT2D eigenvalue weighted by Gasteiger charge is -2.26. The van der Waals surface area contributed by atoms with Crippen LogP contribution in [0.3, 0.4) is 0 Å². The first-order valence-corrected chi connectivity index (χ1v) is 8.15. The summed E-state index contributed by atoms with van der Waals surface area (Å²) in [6, 6.07) is 6.70. The highest BCUT2D eigenvalue weighted by Gasteiger charge is 2.29. The van der Waals surface area contributed by atoms with Crippen LogP contribution in [-0.2, 0) is 14.6 Å². The summed E-state index contributed by atoms with van der Waals surface area (Å²) in [5.74, 6) is 0.291. The molecule has 2 heterocycles. The number of oxazole rings is 1. The number of nitrogens with zero attached hydrogens (tertiary/aromatic N) is 2. The first kappa shape index (κ1) is 14.1. The van der Waals surface area contributed by atoms with Crippen molar-refractivity contribution in [1.29, 1.82) is 0 Å². The minimum Gasteiger partial charge on any atom is -0.426 e. The zero-order chi connectivity index (χ0) is 14.9. The Morgan fingerprint density at radius 3 is 2.48 bits per heavy atom. The van der Waals surface area contributed by atoms with E-state index < -0.39 is 9.84 Å². The van der Waals surface area contributed by atoms with E-state index in [9.17, 15) is 8.42 Å². The van der Waals surface area contributed by atoms with E-state index in [1.807, 2.05) is 11.8 Å². The van der Waals surface area contributed by atoms with E-state index in [-0.39, 0.29) is 9.92 Å². The minimum absolute atomic E-state index is 0.0340. The van der Waals surface area contributed by atoms with Crippen molar-refractivity contribution in [1.82, 2.24) is 4.98 Å². The van der Waals surface area contributed by atoms with Gasteiger partial charge >= 0.3 is 0 Å². The molecule has 0 N–H and O–H groups in total. The molecule has 1 saturated heterocycles. The second kappa shape index (κ2) is 5.50. The van der Waals surface area contributed by atoms with E-state index >= 15 is 0 Å². The van der Waals surface area contributed by atoms with Crippen LogP contribution in [0.1, 0.15) is 5.56 Å². The second-order valence-corrected chi connectivity index (χ2v) is 6.74. The maximum Gasteiger partial charge on any atom is 0.235 e. The third-order valence-corrected chi connectivity index (χ3v) is 5.08. The zero-order valence-corrected chi connectivity index (χ0v) is 12.5. The Kier molecular flexibility index (Phi) is 3.69. The average Bonchev–Trinajstić information content (AvgIpc) is 2.99. The molecule has 3 rings (SSSR count). The summed E-state index contributed by atoms with van der Waals surface area (Å²) in [7, 11) is -3.68. The van der Waals surface area contributed by atoms with Crippen LogP contribution >= 0.6 is 0 Å². The molecule has 1 fully saturated rings. The third-order valence-electron chi connectivity index (χ3n) is 3.40. The number of aryl methyl sites for hydroxylation is 1. The number of benzene rings is 1. The van der Waals surface area contributed by atoms with E-state index in [4.69, 9.17) is 9.15 Å². The smallest absolute Gasteiger partial charge is 0.235 e. The second-order valence-electron chi connectivity index (χ2n) is 4.88. The number of hydrogen-bond acceptors (Lipinski definition) is 6. The van der Waals surface area contributed by atoms with Gasteiger partial charge in [0.25, 0.3) is 0 Å². The Balaban J connectivity index is 2.00. The van der Waals surface area contributed by atoms with Gasteiger partial charge < -0.3 is 14.1 Å². The first-order valence-electron chi connectivity index (χ1n) is 6.67. The molecule has 0 aliphatic carbocycles. The summed E-state index contributed by atoms with van der Waals surface area (Å²) in [5, 5.41) is -0.0340. The Morgan fingerprint density at radius 1 is 1.14 bits per heavy atom. The van der Waals surface area contributed by atoms with Gasteiger partial charge in [0.1, 0.15) is 0 Å². The van der Waals surface area contributed by atoms with Crippen LogP contribution < -0.4 is 4.90 Å². The topological polar surface area (TPSA) is 72.6 Å². The molecule has 6 nitrogen and oxygen atoms in total. The zero-order valence-electron chi connectivity index (χ0n) is 11.7. The number of anilines is 1. The van der Waals surface area contributed by atoms with Gasteiger partial charge in [-0.15, -0.1) is 0 Å². The molecule has 1 aromatic heterocycles. The van der Waals surface area contributed by atoms with Crippen molar-refractivity contribution in [2.75, 3.05) is 31.2 Å². The van der Waals surface area contributed by atoms with Gasteiger partial charge in [0.2, 0.25) is 20.7 Å². The largest absolute Gasteiger partial charge is 0.426 e. The van der Waals surface area contributed by atoms with Crippen molar-refractivity contribution >= 4 is 15.7 Å². The van der Waals surface area contributed by atoms with E-state index in [0.29, 0.717) is 32.2 Å². The predicted octanol–water partition coefficient (Wildman–Crippen LogP) is 1.65. The summed E-state index contributed by atoms with van der Waals surface area (Å²) in [5.41, 5.74) is 1.00. The van der Waals surface area contributed by atoms with Crippen LogP contribution in [0.25, 0.3) is 0 Å². The van der Waals surface area contributed by atoms with Crippen molar-refractivity contribution in [2.45, 2.75) is 16.8 Å². The first-order chi connectivity index (χ1) is 10.1. The minimum atomic E-state index is -3.68. The molecule has 0 saturated carbocycles. The van der Waals surface area contributed by atoms with Crippen LogP contribution in [0.4, 0.5) is 5.88 Å². The number of hydrogen-bond donors (Lipinski definition) is 0. The molecular formula is C14H16N2O4S. The fourth-order valence-electron chi connectivity index (χ4n) is 2.22. The van der Waals surface area contributed by atoms with E-state index in [2.05, 4.69) is 4.98 Å². The maximum absolute atomic E-state index is 12.7. The highest BCUT2D eigenvalue weighted by atomic mass is 32.2. The highest BCUT2D eigenvalue weighted by molar-refractivity contribution is 7.91. The van der Waals surface area contributed by atoms with Crippen molar-refractivity contribution in [3.8, 4) is 0 Å². The molecule has 2 aromatic rings. The Hall–Kier alpha value is -1.86. The molecule has 1 aromatic carbocycles. The lowest BCUT2D eigenvalue weighted by molar-refractivity contribution is 0.120. The van der Waals surface area contributed by atoms with Crippen LogP contribution in [0.5, 0.6) is 0 Å². The molecular weight excluding hydrogens is 292 g/mol. The standard InChI is InChI=1S/C14H16N2O4S/c1-11-2-4-12(5-3-11)21(17,18)13-14(20-10-15-13)16-6-8-19-9-7-16/h2-5,10H,6-9H2,1H3. The number of sulfone groups is 1. The molecule has 0 spiro atoms. The number of rotatable bonds is 3. The quantitative estimate of drug-likeness (QED) is 0.858. The van der Waals surface area contributed by atoms with Crippen molar-refractivity contribution in [2.24, 2.45) is 0 Å². The fourth-order valence-corrected chi connectivity index (χ4v) is 3.53. The highest BCUT2D eigenvalue weighted by Crippen LogP contribution is 2.29. The number of ether oxygens (including phenoxy) is 1. The van der Waals surface area contributed by atoms with E-state index in [1.54, 1.807) is 24.3 Å². The van der Waals surface area contributed by atoms with Crippen LogP contribution in [0, 0.1) is 6.92 Å². The van der Waals surface area contributed by atoms with Gasteiger partial charge in [-0.2, -0.15) is 0 Å². The van der Waals surface area contributed by atoms with Gasteiger partial charge in [0.05, 0.1) is 18.1 Å². The average molecular weight is 308 g/mol. The van der Waals surface area contributed by atoms with E-state index in [1.165, 1.54) is 6.39 Å². The summed E-state index contributed by atoms with van der Waals surface area (Å²) < 4.78 is 36.0. The SMILES string of the molecule is Cc1ccc(S(=O)(=O)c2ncoc2N2CCOCC2)cc1. The van der Waals surface area contributed by atoms with E-state index in [0.717, 1.165) is 5.56 Å². The molecule has 0 atom stereocenters. The molecule has 1 aliphatic heterocycles. The fraction of sp³-hybridized carbons (Fsp3) is 0.357. The van der Waals surface area contributed by atoms with Crippen LogP contribution in [0.2, 0.25) is 0 Å². The van der Waals surface area contributed by atoms with Crippen LogP contribution in [0.15, 0.2) is 45.0 Å². The van der Waals surface area contributed by atoms with Gasteiger partial charge in [-0.1, -0.05) is 17.7 Å². The molecule has 1 aliphatic rings. The van der Waals surface area contributed by atoms with Crippen molar-refractivity contribution in [3.05, 3.63) is 36.2 Å². The van der Waals surface area contributed by atoms with Gasteiger partial charge in [0, 0.05) is 13.1 Å². The number of morpholine rings is 1. The molecule has 0 radical (unpaired) electrons. The molecule has 21 heavy (non-hydrogen) atoms. The maximum atomic E-state index is 12.7. The molecule has 0 amide bonds. The van der Waals surface area contributed by atoms with Gasteiger partial charge in [-0.05, 0) is 19.1 Å². The monoisotopic (exact) mass is 308 g/mol. The summed E-state index contributed by atoms with van der Waals surface area (Å²) in [6.07, 6.45) is 1.17. The summed E-state index contributed by atoms with van der Waals surface area (Å²) in [6.45, 7) is 4.18. The molecule has 7 heteroatoms. The lowest BCUT2D eigenvalue weighted by Crippen LogP contribution is -2.36. The lowest BCUT2D eigenvalue weighted by atomic mass is 10.2. The normalized spacial score (nSPS) is 16.1.